The van der Waals surface area contributed by atoms with Crippen LogP contribution >= 0.6 is 11.6 Å². The van der Waals surface area contributed by atoms with Crippen LogP contribution in [0.1, 0.15) is 10.4 Å². The number of halogens is 1. The zero-order chi connectivity index (χ0) is 18.8. The zero-order valence-electron chi connectivity index (χ0n) is 14.9. The normalized spacial score (nSPS) is 11.3. The molecule has 0 atom stereocenters. The molecule has 0 bridgehead atoms. The van der Waals surface area contributed by atoms with Crippen LogP contribution < -0.4 is 15.5 Å². The summed E-state index contributed by atoms with van der Waals surface area (Å²) in [6.07, 6.45) is 0. The van der Waals surface area contributed by atoms with E-state index in [4.69, 9.17) is 16.3 Å². The molecule has 6 nitrogen and oxygen atoms in total. The van der Waals surface area contributed by atoms with Gasteiger partial charge < -0.3 is 19.9 Å². The van der Waals surface area contributed by atoms with Gasteiger partial charge >= 0.3 is 0 Å². The number of nitrogens with one attached hydrogen (secondary N) is 2. The number of hydrogen-bond acceptors (Lipinski definition) is 4. The topological polar surface area (TPSA) is 74.4 Å². The van der Waals surface area contributed by atoms with Crippen molar-refractivity contribution >= 4 is 39.3 Å². The number of para-hydroxylation sites is 1. The number of carbonyl (C=O) groups is 1. The average molecular weight is 374 g/mol. The highest BCUT2D eigenvalue weighted by Gasteiger charge is 2.17. The van der Waals surface area contributed by atoms with Crippen LogP contribution in [0.15, 0.2) is 35.1 Å². The van der Waals surface area contributed by atoms with Gasteiger partial charge in [0.05, 0.1) is 34.1 Å². The van der Waals surface area contributed by atoms with Gasteiger partial charge in [-0.1, -0.05) is 17.7 Å². The highest BCUT2D eigenvalue weighted by atomic mass is 35.5. The summed E-state index contributed by atoms with van der Waals surface area (Å²) in [6, 6.07) is 8.40. The fourth-order valence-electron chi connectivity index (χ4n) is 2.89. The second kappa shape index (κ2) is 7.35. The Balaban J connectivity index is 2.21. The maximum Gasteiger partial charge on any atom is 0.253 e. The number of amides is 1. The molecule has 0 spiro atoms. The molecule has 1 amide bonds. The van der Waals surface area contributed by atoms with Gasteiger partial charge in [-0.2, -0.15) is 0 Å². The number of rotatable bonds is 5. The molecule has 0 aliphatic rings. The first-order valence-electron chi connectivity index (χ1n) is 8.18. The molecular weight excluding hydrogens is 354 g/mol. The quantitative estimate of drug-likeness (QED) is 0.674. The molecule has 26 heavy (non-hydrogen) atoms. The van der Waals surface area contributed by atoms with Gasteiger partial charge in [-0.25, -0.2) is 0 Å². The molecule has 2 N–H and O–H groups in total. The molecule has 7 heteroatoms. The fraction of sp³-hybridized carbons (Fsp3) is 0.263. The smallest absolute Gasteiger partial charge is 0.253 e. The van der Waals surface area contributed by atoms with Crippen molar-refractivity contribution in [3.8, 4) is 5.75 Å². The van der Waals surface area contributed by atoms with E-state index in [1.807, 2.05) is 19.0 Å². The predicted octanol–water partition coefficient (Wildman–Crippen LogP) is 2.63. The van der Waals surface area contributed by atoms with Crippen molar-refractivity contribution in [1.29, 1.82) is 0 Å². The molecule has 0 fully saturated rings. The molecule has 0 aliphatic heterocycles. The summed E-state index contributed by atoms with van der Waals surface area (Å²) in [4.78, 5) is 30.7. The number of benzene rings is 2. The predicted molar refractivity (Wildman–Crippen MR) is 105 cm³/mol. The lowest BCUT2D eigenvalue weighted by Gasteiger charge is -2.13. The number of H-pyrrole nitrogens is 1. The number of pyridine rings is 1. The Hall–Kier alpha value is -2.57. The first-order valence-corrected chi connectivity index (χ1v) is 8.56. The molecule has 0 aliphatic carbocycles. The Kier molecular flexibility index (Phi) is 5.15. The number of nitrogens with zero attached hydrogens (tertiary/aromatic N) is 1. The first kappa shape index (κ1) is 18.2. The third-order valence-corrected chi connectivity index (χ3v) is 4.53. The summed E-state index contributed by atoms with van der Waals surface area (Å²) in [5.41, 5.74) is 1.08. The van der Waals surface area contributed by atoms with Gasteiger partial charge in [-0.05, 0) is 38.4 Å². The molecular formula is C19H20ClN3O3. The zero-order valence-corrected chi connectivity index (χ0v) is 15.6. The lowest BCUT2D eigenvalue weighted by molar-refractivity contribution is 0.0952. The SMILES string of the molecule is COc1cccc2c(=O)c3c(Cl)ccc(C(=O)NCCN(C)C)c3[nH]c12. The second-order valence-electron chi connectivity index (χ2n) is 6.24. The van der Waals surface area contributed by atoms with Crippen LogP contribution in [0.4, 0.5) is 0 Å². The van der Waals surface area contributed by atoms with Crippen LogP contribution in [-0.4, -0.2) is 50.1 Å². The molecule has 1 heterocycles. The lowest BCUT2D eigenvalue weighted by Crippen LogP contribution is -2.31. The lowest BCUT2D eigenvalue weighted by atomic mass is 10.1. The van der Waals surface area contributed by atoms with Gasteiger partial charge in [0.15, 0.2) is 5.43 Å². The molecule has 0 unspecified atom stereocenters. The Morgan fingerprint density at radius 1 is 1.23 bits per heavy atom. The van der Waals surface area contributed by atoms with Gasteiger partial charge in [-0.3, -0.25) is 9.59 Å². The van der Waals surface area contributed by atoms with Gasteiger partial charge in [0.25, 0.3) is 5.91 Å². The molecule has 136 valence electrons. The summed E-state index contributed by atoms with van der Waals surface area (Å²) >= 11 is 6.27. The standard InChI is InChI=1S/C19H20ClN3O3/c1-23(2)10-9-21-19(25)12-7-8-13(20)15-17(12)22-16-11(18(15)24)5-4-6-14(16)26-3/h4-8H,9-10H2,1-3H3,(H,21,25)(H,22,24). The number of hydrogen-bond donors (Lipinski definition) is 2. The summed E-state index contributed by atoms with van der Waals surface area (Å²) in [5, 5.41) is 3.92. The third-order valence-electron chi connectivity index (χ3n) is 4.21. The van der Waals surface area contributed by atoms with Crippen LogP contribution in [0.2, 0.25) is 5.02 Å². The van der Waals surface area contributed by atoms with Crippen LogP contribution in [0.25, 0.3) is 21.8 Å². The van der Waals surface area contributed by atoms with Crippen molar-refractivity contribution in [2.24, 2.45) is 0 Å². The summed E-state index contributed by atoms with van der Waals surface area (Å²) < 4.78 is 5.34. The highest BCUT2D eigenvalue weighted by Crippen LogP contribution is 2.28. The van der Waals surface area contributed by atoms with E-state index >= 15 is 0 Å². The van der Waals surface area contributed by atoms with Crippen molar-refractivity contribution in [1.82, 2.24) is 15.2 Å². The monoisotopic (exact) mass is 373 g/mol. The third kappa shape index (κ3) is 3.25. The Morgan fingerprint density at radius 2 is 2.00 bits per heavy atom. The number of aromatic amines is 1. The van der Waals surface area contributed by atoms with E-state index in [2.05, 4.69) is 10.3 Å². The number of ether oxygens (including phenoxy) is 1. The highest BCUT2D eigenvalue weighted by molar-refractivity contribution is 6.36. The van der Waals surface area contributed by atoms with Gasteiger partial charge in [0.1, 0.15) is 5.75 Å². The maximum absolute atomic E-state index is 13.0. The minimum Gasteiger partial charge on any atom is -0.495 e. The van der Waals surface area contributed by atoms with E-state index in [-0.39, 0.29) is 11.3 Å². The van der Waals surface area contributed by atoms with Gasteiger partial charge in [0, 0.05) is 18.5 Å². The van der Waals surface area contributed by atoms with Crippen molar-refractivity contribution in [3.63, 3.8) is 0 Å². The Labute approximate surface area is 155 Å². The number of fused-ring (bicyclic) bond motifs is 2. The van der Waals surface area contributed by atoms with Gasteiger partial charge in [-0.15, -0.1) is 0 Å². The van der Waals surface area contributed by atoms with Gasteiger partial charge in [0.2, 0.25) is 0 Å². The van der Waals surface area contributed by atoms with Crippen LogP contribution in [-0.2, 0) is 0 Å². The number of methoxy groups -OCH3 is 1. The minimum absolute atomic E-state index is 0.236. The van der Waals surface area contributed by atoms with Crippen molar-refractivity contribution in [2.75, 3.05) is 34.3 Å². The van der Waals surface area contributed by atoms with Crippen molar-refractivity contribution < 1.29 is 9.53 Å². The number of carbonyl (C=O) groups excluding carboxylic acids is 1. The van der Waals surface area contributed by atoms with E-state index in [1.54, 1.807) is 30.3 Å². The van der Waals surface area contributed by atoms with E-state index in [0.29, 0.717) is 51.2 Å². The van der Waals surface area contributed by atoms with Crippen LogP contribution in [0.3, 0.4) is 0 Å². The average Bonchev–Trinajstić information content (AvgIpc) is 2.61. The Bertz CT molecular complexity index is 1040. The van der Waals surface area contributed by atoms with Crippen LogP contribution in [0, 0.1) is 0 Å². The molecule has 0 saturated carbocycles. The molecule has 0 radical (unpaired) electrons. The van der Waals surface area contributed by atoms with E-state index in [1.165, 1.54) is 7.11 Å². The summed E-state index contributed by atoms with van der Waals surface area (Å²) in [5.74, 6) is 0.263. The summed E-state index contributed by atoms with van der Waals surface area (Å²) in [7, 11) is 5.39. The molecule has 2 aromatic carbocycles. The van der Waals surface area contributed by atoms with Crippen LogP contribution in [0.5, 0.6) is 5.75 Å². The first-order chi connectivity index (χ1) is 12.4. The second-order valence-corrected chi connectivity index (χ2v) is 6.65. The molecule has 0 saturated heterocycles. The number of likely N-dealkylation sites (N-methyl/N-ethyl adjacent to an activating group) is 1. The number of aromatic nitrogens is 1. The largest absolute Gasteiger partial charge is 0.495 e. The molecule has 1 aromatic heterocycles. The maximum atomic E-state index is 13.0. The fourth-order valence-corrected chi connectivity index (χ4v) is 3.13. The van der Waals surface area contributed by atoms with Crippen molar-refractivity contribution in [2.45, 2.75) is 0 Å². The summed E-state index contributed by atoms with van der Waals surface area (Å²) in [6.45, 7) is 1.21. The molecule has 3 rings (SSSR count). The van der Waals surface area contributed by atoms with E-state index in [0.717, 1.165) is 0 Å². The van der Waals surface area contributed by atoms with E-state index in [9.17, 15) is 9.59 Å². The minimum atomic E-state index is -0.265. The molecule has 3 aromatic rings. The van der Waals surface area contributed by atoms with Crippen molar-refractivity contribution in [3.05, 3.63) is 51.1 Å². The Morgan fingerprint density at radius 3 is 2.69 bits per heavy atom. The van der Waals surface area contributed by atoms with E-state index < -0.39 is 0 Å².